The molecule has 0 saturated heterocycles. The molecule has 1 rings (SSSR count). The fraction of sp³-hybridized carbons (Fsp3) is 0.273. The minimum atomic E-state index is -4.92. The number of carbonyl (C=O) groups is 1. The molecule has 102 valence electrons. The van der Waals surface area contributed by atoms with Crippen LogP contribution in [0.1, 0.15) is 22.8 Å². The molecule has 1 aromatic rings. The fourth-order valence-electron chi connectivity index (χ4n) is 1.24. The maximum atomic E-state index is 12.1. The number of hydrogen-bond acceptors (Lipinski definition) is 4. The minimum Gasteiger partial charge on any atom is -0.462 e. The Morgan fingerprint density at radius 1 is 1.47 bits per heavy atom. The second kappa shape index (κ2) is 5.93. The summed E-state index contributed by atoms with van der Waals surface area (Å²) in [5, 5.41) is 8.85. The first-order valence-corrected chi connectivity index (χ1v) is 5.75. The van der Waals surface area contributed by atoms with Crippen LogP contribution in [-0.2, 0) is 4.74 Å². The number of hydrogen-bond donors (Lipinski definition) is 0. The Kier molecular flexibility index (Phi) is 4.78. The fourth-order valence-corrected chi connectivity index (χ4v) is 1.82. The summed E-state index contributed by atoms with van der Waals surface area (Å²) < 4.78 is 44.7. The lowest BCUT2D eigenvalue weighted by atomic mass is 10.1. The van der Waals surface area contributed by atoms with Gasteiger partial charge >= 0.3 is 12.3 Å². The van der Waals surface area contributed by atoms with Crippen molar-refractivity contribution >= 4 is 21.9 Å². The molecular weight excluding hydrogens is 331 g/mol. The van der Waals surface area contributed by atoms with E-state index in [0.29, 0.717) is 0 Å². The van der Waals surface area contributed by atoms with Gasteiger partial charge in [-0.1, -0.05) is 0 Å². The number of carbonyl (C=O) groups excluding carboxylic acids is 1. The Morgan fingerprint density at radius 2 is 2.11 bits per heavy atom. The first-order chi connectivity index (χ1) is 8.80. The second-order valence-corrected chi connectivity index (χ2v) is 3.97. The number of alkyl halides is 3. The monoisotopic (exact) mass is 337 g/mol. The van der Waals surface area contributed by atoms with Crippen LogP contribution in [0.25, 0.3) is 0 Å². The average molecular weight is 338 g/mol. The van der Waals surface area contributed by atoms with Gasteiger partial charge in [-0.3, -0.25) is 0 Å². The van der Waals surface area contributed by atoms with E-state index in [9.17, 15) is 18.0 Å². The normalized spacial score (nSPS) is 10.7. The number of halogens is 4. The molecule has 0 N–H and O–H groups in total. The molecule has 0 fully saturated rings. The third-order valence-corrected chi connectivity index (χ3v) is 2.76. The summed E-state index contributed by atoms with van der Waals surface area (Å²) in [6.45, 7) is 1.69. The zero-order chi connectivity index (χ0) is 14.6. The van der Waals surface area contributed by atoms with Crippen LogP contribution in [0.5, 0.6) is 5.75 Å². The number of esters is 1. The van der Waals surface area contributed by atoms with Crippen molar-refractivity contribution in [3.05, 3.63) is 27.7 Å². The van der Waals surface area contributed by atoms with Gasteiger partial charge in [0.2, 0.25) is 0 Å². The Morgan fingerprint density at radius 3 is 2.58 bits per heavy atom. The van der Waals surface area contributed by atoms with Crippen LogP contribution < -0.4 is 4.74 Å². The second-order valence-electron chi connectivity index (χ2n) is 3.18. The van der Waals surface area contributed by atoms with E-state index in [-0.39, 0.29) is 16.6 Å². The van der Waals surface area contributed by atoms with E-state index in [2.05, 4.69) is 20.7 Å². The molecule has 0 heterocycles. The minimum absolute atomic E-state index is 0.0482. The van der Waals surface area contributed by atoms with Gasteiger partial charge in [0, 0.05) is 0 Å². The summed E-state index contributed by atoms with van der Waals surface area (Å²) in [6.07, 6.45) is -4.92. The molecule has 0 spiro atoms. The Hall–Kier alpha value is -1.75. The van der Waals surface area contributed by atoms with Gasteiger partial charge in [0.25, 0.3) is 0 Å². The summed E-state index contributed by atoms with van der Waals surface area (Å²) in [4.78, 5) is 11.5. The van der Waals surface area contributed by atoms with Gasteiger partial charge < -0.3 is 9.47 Å². The van der Waals surface area contributed by atoms with Gasteiger partial charge in [0.1, 0.15) is 17.4 Å². The highest BCUT2D eigenvalue weighted by atomic mass is 79.9. The van der Waals surface area contributed by atoms with Gasteiger partial charge in [-0.15, -0.1) is 13.2 Å². The molecule has 0 amide bonds. The standard InChI is InChI=1S/C11H7BrF3NO3/c1-2-18-10(17)6-3-4-8(19-11(13,14)15)7(5-16)9(6)12/h3-4H,2H2,1H3. The molecule has 0 unspecified atom stereocenters. The lowest BCUT2D eigenvalue weighted by Gasteiger charge is -2.12. The number of nitriles is 1. The molecule has 0 radical (unpaired) electrons. The summed E-state index contributed by atoms with van der Waals surface area (Å²) >= 11 is 2.90. The van der Waals surface area contributed by atoms with Gasteiger partial charge in [-0.2, -0.15) is 5.26 Å². The topological polar surface area (TPSA) is 59.3 Å². The Bertz CT molecular complexity index is 537. The van der Waals surface area contributed by atoms with Crippen molar-refractivity contribution in [2.45, 2.75) is 13.3 Å². The van der Waals surface area contributed by atoms with E-state index in [1.54, 1.807) is 13.0 Å². The molecule has 1 aromatic carbocycles. The van der Waals surface area contributed by atoms with E-state index < -0.39 is 23.6 Å². The molecule has 8 heteroatoms. The summed E-state index contributed by atoms with van der Waals surface area (Å²) in [7, 11) is 0. The van der Waals surface area contributed by atoms with Crippen LogP contribution in [0.3, 0.4) is 0 Å². The summed E-state index contributed by atoms with van der Waals surface area (Å²) in [5.41, 5.74) is -0.476. The molecule has 4 nitrogen and oxygen atoms in total. The first-order valence-electron chi connectivity index (χ1n) is 4.95. The third kappa shape index (κ3) is 3.86. The number of benzene rings is 1. The van der Waals surface area contributed by atoms with E-state index in [4.69, 9.17) is 10.00 Å². The predicted octanol–water partition coefficient (Wildman–Crippen LogP) is 3.40. The van der Waals surface area contributed by atoms with Crippen LogP contribution in [0.15, 0.2) is 16.6 Å². The van der Waals surface area contributed by atoms with Crippen molar-refractivity contribution in [2.24, 2.45) is 0 Å². The Balaban J connectivity index is 3.24. The van der Waals surface area contributed by atoms with E-state index in [0.717, 1.165) is 12.1 Å². The van der Waals surface area contributed by atoms with Gasteiger partial charge in [-0.25, -0.2) is 4.79 Å². The SMILES string of the molecule is CCOC(=O)c1ccc(OC(F)(F)F)c(C#N)c1Br. The zero-order valence-corrected chi connectivity index (χ0v) is 11.1. The highest BCUT2D eigenvalue weighted by molar-refractivity contribution is 9.10. The molecular formula is C11H7BrF3NO3. The predicted molar refractivity (Wildman–Crippen MR) is 61.5 cm³/mol. The zero-order valence-electron chi connectivity index (χ0n) is 9.55. The van der Waals surface area contributed by atoms with Crippen molar-refractivity contribution in [3.8, 4) is 11.8 Å². The lowest BCUT2D eigenvalue weighted by Crippen LogP contribution is -2.18. The molecule has 0 saturated carbocycles. The molecule has 0 aromatic heterocycles. The number of rotatable bonds is 3. The molecule has 0 bridgehead atoms. The van der Waals surface area contributed by atoms with Crippen LogP contribution in [0, 0.1) is 11.3 Å². The number of ether oxygens (including phenoxy) is 2. The van der Waals surface area contributed by atoms with E-state index >= 15 is 0 Å². The lowest BCUT2D eigenvalue weighted by molar-refractivity contribution is -0.274. The van der Waals surface area contributed by atoms with Gasteiger partial charge in [0.15, 0.2) is 0 Å². The smallest absolute Gasteiger partial charge is 0.462 e. The van der Waals surface area contributed by atoms with Gasteiger partial charge in [0.05, 0.1) is 16.6 Å². The maximum absolute atomic E-state index is 12.1. The van der Waals surface area contributed by atoms with Crippen LogP contribution in [0.4, 0.5) is 13.2 Å². The molecule has 0 aliphatic carbocycles. The number of nitrogens with zero attached hydrogens (tertiary/aromatic N) is 1. The molecule has 0 atom stereocenters. The van der Waals surface area contributed by atoms with Crippen molar-refractivity contribution < 1.29 is 27.4 Å². The summed E-state index contributed by atoms with van der Waals surface area (Å²) in [6, 6.07) is 3.52. The Labute approximate surface area is 114 Å². The van der Waals surface area contributed by atoms with Crippen LogP contribution >= 0.6 is 15.9 Å². The molecule has 0 aliphatic rings. The van der Waals surface area contributed by atoms with Crippen LogP contribution in [-0.4, -0.2) is 18.9 Å². The largest absolute Gasteiger partial charge is 0.573 e. The first kappa shape index (κ1) is 15.3. The van der Waals surface area contributed by atoms with E-state index in [1.165, 1.54) is 0 Å². The average Bonchev–Trinajstić information content (AvgIpc) is 2.27. The third-order valence-electron chi connectivity index (χ3n) is 1.94. The molecule has 19 heavy (non-hydrogen) atoms. The van der Waals surface area contributed by atoms with Crippen molar-refractivity contribution in [1.82, 2.24) is 0 Å². The van der Waals surface area contributed by atoms with Crippen LogP contribution in [0.2, 0.25) is 0 Å². The highest BCUT2D eigenvalue weighted by Gasteiger charge is 2.33. The van der Waals surface area contributed by atoms with Crippen molar-refractivity contribution in [3.63, 3.8) is 0 Å². The van der Waals surface area contributed by atoms with Crippen molar-refractivity contribution in [1.29, 1.82) is 5.26 Å². The quantitative estimate of drug-likeness (QED) is 0.793. The maximum Gasteiger partial charge on any atom is 0.573 e. The summed E-state index contributed by atoms with van der Waals surface area (Å²) in [5.74, 6) is -1.43. The van der Waals surface area contributed by atoms with Gasteiger partial charge in [-0.05, 0) is 35.0 Å². The van der Waals surface area contributed by atoms with Crippen molar-refractivity contribution in [2.75, 3.05) is 6.61 Å². The van der Waals surface area contributed by atoms with E-state index in [1.807, 2.05) is 0 Å². The highest BCUT2D eigenvalue weighted by Crippen LogP contribution is 2.33. The molecule has 0 aliphatic heterocycles.